The Morgan fingerprint density at radius 3 is 2.21 bits per heavy atom. The molecule has 2 N–H and O–H groups in total. The summed E-state index contributed by atoms with van der Waals surface area (Å²) in [7, 11) is 0. The van der Waals surface area contributed by atoms with Gasteiger partial charge >= 0.3 is 17.9 Å². The summed E-state index contributed by atoms with van der Waals surface area (Å²) in [6.07, 6.45) is -1.35. The van der Waals surface area contributed by atoms with Crippen LogP contribution in [0.5, 0.6) is 0 Å². The number of aliphatic hydroxyl groups is 1. The van der Waals surface area contributed by atoms with Crippen molar-refractivity contribution in [2.75, 3.05) is 19.8 Å². The molecule has 0 aromatic heterocycles. The maximum Gasteiger partial charge on any atom is 0.348 e. The third-order valence-electron chi connectivity index (χ3n) is 10.8. The van der Waals surface area contributed by atoms with Crippen molar-refractivity contribution in [2.45, 2.75) is 69.2 Å². The average molecular weight is 725 g/mol. The number of hydrogen-bond donors (Lipinski definition) is 2. The first-order valence-corrected chi connectivity index (χ1v) is 17.7. The Bertz CT molecular complexity index is 1880. The van der Waals surface area contributed by atoms with E-state index in [2.05, 4.69) is 5.32 Å². The molecule has 7 unspecified atom stereocenters. The van der Waals surface area contributed by atoms with Crippen molar-refractivity contribution >= 4 is 29.9 Å². The van der Waals surface area contributed by atoms with E-state index in [9.17, 15) is 24.3 Å². The largest absolute Gasteiger partial charge is 0.462 e. The molecule has 4 heterocycles. The molecule has 1 amide bonds. The second-order valence-corrected chi connectivity index (χ2v) is 14.7. The molecule has 0 spiro atoms. The standard InChI is InChI=1S/C40H40N2O11/c1-38(2)23-48-36(46)34(38)50-29(44)18-17-24-13-15-25(16-14-24)22-42-32-35(45)49-28-21-39(32,37(47)41-19-20-43)33(53-42)31-30(28)51-40(52-31,26-9-5-3-6-10-26)27-11-7-4-8-12-27/h3-18,28,30-34,43H,19-23H2,1-2H3,(H,41,47). The maximum atomic E-state index is 14.2. The Balaban J connectivity index is 1.07. The van der Waals surface area contributed by atoms with Crippen molar-refractivity contribution in [1.82, 2.24) is 10.4 Å². The topological polar surface area (TPSA) is 159 Å². The van der Waals surface area contributed by atoms with Crippen molar-refractivity contribution < 1.29 is 52.8 Å². The van der Waals surface area contributed by atoms with E-state index in [1.807, 2.05) is 72.8 Å². The highest BCUT2D eigenvalue weighted by molar-refractivity contribution is 5.94. The zero-order valence-corrected chi connectivity index (χ0v) is 29.2. The Labute approximate surface area is 305 Å². The summed E-state index contributed by atoms with van der Waals surface area (Å²) in [5.74, 6) is -3.66. The number of esters is 3. The molecule has 2 bridgehead atoms. The van der Waals surface area contributed by atoms with Gasteiger partial charge in [0.2, 0.25) is 17.8 Å². The fraction of sp³-hybridized carbons (Fsp3) is 0.400. The number of hydrogen-bond acceptors (Lipinski definition) is 12. The van der Waals surface area contributed by atoms with E-state index in [1.165, 1.54) is 11.1 Å². The number of amides is 1. The fourth-order valence-electron chi connectivity index (χ4n) is 8.19. The Morgan fingerprint density at radius 2 is 1.58 bits per heavy atom. The molecule has 0 radical (unpaired) electrons. The molecular formula is C40H40N2O11. The maximum absolute atomic E-state index is 14.2. The molecular weight excluding hydrogens is 684 g/mol. The molecule has 3 aromatic carbocycles. The monoisotopic (exact) mass is 724 g/mol. The van der Waals surface area contributed by atoms with Crippen LogP contribution in [0.15, 0.2) is 91.0 Å². The lowest BCUT2D eigenvalue weighted by atomic mass is 9.62. The first kappa shape index (κ1) is 35.1. The number of benzene rings is 3. The lowest BCUT2D eigenvalue weighted by molar-refractivity contribution is -0.213. The van der Waals surface area contributed by atoms with Crippen molar-refractivity contribution in [3.8, 4) is 0 Å². The molecule has 3 aromatic rings. The zero-order valence-electron chi connectivity index (χ0n) is 29.2. The quantitative estimate of drug-likeness (QED) is 0.179. The summed E-state index contributed by atoms with van der Waals surface area (Å²) in [6, 6.07) is 25.1. The van der Waals surface area contributed by atoms with E-state index in [-0.39, 0.29) is 32.7 Å². The number of carbonyl (C=O) groups is 4. The SMILES string of the molecule is CC1(C)COC(=O)C1OC(=O)C=Cc1ccc(CN2OC3C4OC(c5ccccc5)(c5ccccc5)OC4C4CC3(C(=O)NCCO)C2C(=O)O4)cc1. The van der Waals surface area contributed by atoms with Crippen LogP contribution in [0.1, 0.15) is 42.5 Å². The zero-order chi connectivity index (χ0) is 37.0. The van der Waals surface area contributed by atoms with Crippen LogP contribution in [0.4, 0.5) is 0 Å². The van der Waals surface area contributed by atoms with Crippen LogP contribution >= 0.6 is 0 Å². The minimum atomic E-state index is -1.41. The first-order chi connectivity index (χ1) is 25.6. The van der Waals surface area contributed by atoms with Gasteiger partial charge in [-0.3, -0.25) is 14.4 Å². The van der Waals surface area contributed by atoms with Gasteiger partial charge < -0.3 is 34.1 Å². The van der Waals surface area contributed by atoms with Gasteiger partial charge in [0.1, 0.15) is 36.4 Å². The van der Waals surface area contributed by atoms with Crippen LogP contribution in [-0.4, -0.2) is 90.3 Å². The number of hydroxylamine groups is 2. The van der Waals surface area contributed by atoms with Gasteiger partial charge in [0.05, 0.1) is 13.2 Å². The number of nitrogens with one attached hydrogen (secondary N) is 1. The lowest BCUT2D eigenvalue weighted by Gasteiger charge is -2.48. The van der Waals surface area contributed by atoms with E-state index in [0.717, 1.165) is 16.7 Å². The molecule has 53 heavy (non-hydrogen) atoms. The molecule has 5 fully saturated rings. The fourth-order valence-corrected chi connectivity index (χ4v) is 8.19. The summed E-state index contributed by atoms with van der Waals surface area (Å²) < 4.78 is 30.3. The van der Waals surface area contributed by atoms with Gasteiger partial charge in [-0.1, -0.05) is 98.8 Å². The highest BCUT2D eigenvalue weighted by Crippen LogP contribution is 2.59. The van der Waals surface area contributed by atoms with Gasteiger partial charge in [0.15, 0.2) is 6.04 Å². The molecule has 13 nitrogen and oxygen atoms in total. The van der Waals surface area contributed by atoms with Crippen molar-refractivity contribution in [2.24, 2.45) is 10.8 Å². The summed E-state index contributed by atoms with van der Waals surface area (Å²) >= 11 is 0. The highest BCUT2D eigenvalue weighted by atomic mass is 16.8. The minimum absolute atomic E-state index is 0.00577. The number of nitrogens with zero attached hydrogens (tertiary/aromatic N) is 1. The molecule has 5 aliphatic rings. The minimum Gasteiger partial charge on any atom is -0.462 e. The number of aliphatic hydroxyl groups excluding tert-OH is 1. The summed E-state index contributed by atoms with van der Waals surface area (Å²) in [6.45, 7) is 3.59. The van der Waals surface area contributed by atoms with Crippen LogP contribution in [0.3, 0.4) is 0 Å². The van der Waals surface area contributed by atoms with Crippen LogP contribution in [0.2, 0.25) is 0 Å². The van der Waals surface area contributed by atoms with Gasteiger partial charge in [-0.15, -0.1) is 0 Å². The third-order valence-corrected chi connectivity index (χ3v) is 10.8. The second kappa shape index (κ2) is 13.5. The first-order valence-electron chi connectivity index (χ1n) is 17.7. The Morgan fingerprint density at radius 1 is 0.925 bits per heavy atom. The van der Waals surface area contributed by atoms with Crippen molar-refractivity contribution in [3.63, 3.8) is 0 Å². The predicted molar refractivity (Wildman–Crippen MR) is 185 cm³/mol. The highest BCUT2D eigenvalue weighted by Gasteiger charge is 2.76. The molecule has 13 heteroatoms. The molecule has 276 valence electrons. The normalized spacial score (nSPS) is 30.8. The van der Waals surface area contributed by atoms with Gasteiger partial charge in [-0.2, -0.15) is 5.06 Å². The predicted octanol–water partition coefficient (Wildman–Crippen LogP) is 2.79. The van der Waals surface area contributed by atoms with E-state index >= 15 is 0 Å². The summed E-state index contributed by atoms with van der Waals surface area (Å²) in [5.41, 5.74) is 0.881. The number of ether oxygens (including phenoxy) is 5. The Kier molecular flexibility index (Phi) is 8.94. The lowest BCUT2D eigenvalue weighted by Crippen LogP contribution is -2.69. The molecule has 1 aliphatic carbocycles. The van der Waals surface area contributed by atoms with E-state index < -0.39 is 77.0 Å². The summed E-state index contributed by atoms with van der Waals surface area (Å²) in [5, 5.41) is 13.9. The Hall–Kier alpha value is -4.92. The second-order valence-electron chi connectivity index (χ2n) is 14.7. The van der Waals surface area contributed by atoms with Crippen molar-refractivity contribution in [3.05, 3.63) is 113 Å². The molecule has 1 saturated carbocycles. The van der Waals surface area contributed by atoms with Gasteiger partial charge in [0.25, 0.3) is 0 Å². The number of fused-ring (bicyclic) bond motifs is 4. The molecule has 4 aliphatic heterocycles. The smallest absolute Gasteiger partial charge is 0.348 e. The number of rotatable bonds is 10. The van der Waals surface area contributed by atoms with Crippen LogP contribution in [-0.2, 0) is 60.0 Å². The average Bonchev–Trinajstić information content (AvgIpc) is 3.82. The van der Waals surface area contributed by atoms with Gasteiger partial charge in [-0.05, 0) is 17.2 Å². The van der Waals surface area contributed by atoms with Gasteiger partial charge in [0, 0.05) is 35.6 Å². The van der Waals surface area contributed by atoms with Crippen LogP contribution in [0, 0.1) is 10.8 Å². The van der Waals surface area contributed by atoms with E-state index in [0.29, 0.717) is 5.56 Å². The third kappa shape index (κ3) is 5.92. The van der Waals surface area contributed by atoms with Crippen molar-refractivity contribution in [1.29, 1.82) is 0 Å². The summed E-state index contributed by atoms with van der Waals surface area (Å²) in [4.78, 5) is 59.4. The van der Waals surface area contributed by atoms with Crippen LogP contribution in [0.25, 0.3) is 6.08 Å². The van der Waals surface area contributed by atoms with E-state index in [4.69, 9.17) is 28.5 Å². The van der Waals surface area contributed by atoms with Crippen LogP contribution < -0.4 is 5.32 Å². The van der Waals surface area contributed by atoms with E-state index in [1.54, 1.807) is 32.1 Å². The van der Waals surface area contributed by atoms with Gasteiger partial charge in [-0.25, -0.2) is 9.59 Å². The number of cyclic esters (lactones) is 1. The number of carbonyl (C=O) groups excluding carboxylic acids is 4. The molecule has 8 rings (SSSR count). The molecule has 7 atom stereocenters. The molecule has 4 saturated heterocycles.